The maximum Gasteiger partial charge on any atom is 0.408 e. The van der Waals surface area contributed by atoms with Gasteiger partial charge >= 0.3 is 12.1 Å². The SMILES string of the molecule is CCCCCCCCN(C(=O)C(Cc1ccc(O)cc1)NC(=O)OC(C)(C)C)C(C(=O)NC(Cc1ccccc1)C(=O)OC(C)(C)C)c1cc(C)ccc1C. The summed E-state index contributed by atoms with van der Waals surface area (Å²) in [5.74, 6) is -1.54. The highest BCUT2D eigenvalue weighted by Crippen LogP contribution is 2.29. The number of rotatable bonds is 18. The third kappa shape index (κ3) is 15.4. The van der Waals surface area contributed by atoms with Crippen molar-refractivity contribution in [1.29, 1.82) is 0 Å². The Labute approximate surface area is 328 Å². The first-order valence-electron chi connectivity index (χ1n) is 19.6. The van der Waals surface area contributed by atoms with E-state index in [1.165, 1.54) is 12.1 Å². The van der Waals surface area contributed by atoms with E-state index in [4.69, 9.17) is 9.47 Å². The largest absolute Gasteiger partial charge is 0.508 e. The van der Waals surface area contributed by atoms with Crippen molar-refractivity contribution in [3.05, 3.63) is 101 Å². The minimum absolute atomic E-state index is 0.0677. The van der Waals surface area contributed by atoms with Gasteiger partial charge < -0.3 is 30.1 Å². The Morgan fingerprint density at radius 1 is 0.709 bits per heavy atom. The number of ether oxygens (including phenoxy) is 2. The van der Waals surface area contributed by atoms with Crippen molar-refractivity contribution in [1.82, 2.24) is 15.5 Å². The number of phenols is 1. The lowest BCUT2D eigenvalue weighted by Gasteiger charge is -2.36. The van der Waals surface area contributed by atoms with Crippen molar-refractivity contribution < 1.29 is 33.8 Å². The zero-order valence-electron chi connectivity index (χ0n) is 34.4. The summed E-state index contributed by atoms with van der Waals surface area (Å²) in [6.45, 7) is 16.7. The molecule has 0 aliphatic carbocycles. The second-order valence-electron chi connectivity index (χ2n) is 16.4. The average Bonchev–Trinajstić information content (AvgIpc) is 3.09. The number of esters is 1. The lowest BCUT2D eigenvalue weighted by atomic mass is 9.94. The van der Waals surface area contributed by atoms with Gasteiger partial charge in [-0.05, 0) is 96.2 Å². The summed E-state index contributed by atoms with van der Waals surface area (Å²) >= 11 is 0. The number of unbranched alkanes of at least 4 members (excludes halogenated alkanes) is 5. The molecule has 3 aromatic carbocycles. The number of amides is 3. The lowest BCUT2D eigenvalue weighted by Crippen LogP contribution is -2.55. The fourth-order valence-electron chi connectivity index (χ4n) is 6.32. The van der Waals surface area contributed by atoms with E-state index in [1.807, 2.05) is 62.4 Å². The number of carbonyl (C=O) groups is 4. The zero-order valence-corrected chi connectivity index (χ0v) is 34.4. The van der Waals surface area contributed by atoms with Crippen LogP contribution in [0.2, 0.25) is 0 Å². The smallest absolute Gasteiger partial charge is 0.408 e. The number of aryl methyl sites for hydroxylation is 2. The molecule has 300 valence electrons. The molecule has 3 atom stereocenters. The van der Waals surface area contributed by atoms with Crippen molar-refractivity contribution >= 4 is 23.9 Å². The highest BCUT2D eigenvalue weighted by Gasteiger charge is 2.39. The van der Waals surface area contributed by atoms with E-state index in [-0.39, 0.29) is 25.1 Å². The van der Waals surface area contributed by atoms with Crippen molar-refractivity contribution in [2.45, 2.75) is 143 Å². The molecule has 10 heteroatoms. The Kier molecular flexibility index (Phi) is 16.8. The molecule has 3 unspecified atom stereocenters. The Hall–Kier alpha value is -4.86. The molecule has 10 nitrogen and oxygen atoms in total. The first-order valence-corrected chi connectivity index (χ1v) is 19.6. The van der Waals surface area contributed by atoms with Gasteiger partial charge in [0.15, 0.2) is 0 Å². The van der Waals surface area contributed by atoms with E-state index in [1.54, 1.807) is 58.6 Å². The topological polar surface area (TPSA) is 134 Å². The van der Waals surface area contributed by atoms with E-state index < -0.39 is 53.2 Å². The van der Waals surface area contributed by atoms with Crippen molar-refractivity contribution in [3.63, 3.8) is 0 Å². The van der Waals surface area contributed by atoms with Gasteiger partial charge in [0.25, 0.3) is 0 Å². The van der Waals surface area contributed by atoms with Crippen LogP contribution < -0.4 is 10.6 Å². The molecule has 3 N–H and O–H groups in total. The molecule has 3 rings (SSSR count). The van der Waals surface area contributed by atoms with Gasteiger partial charge in [0.05, 0.1) is 0 Å². The van der Waals surface area contributed by atoms with E-state index in [0.717, 1.165) is 48.8 Å². The number of hydrogen-bond donors (Lipinski definition) is 3. The Morgan fingerprint density at radius 3 is 1.91 bits per heavy atom. The molecule has 0 aliphatic rings. The molecule has 55 heavy (non-hydrogen) atoms. The Balaban J connectivity index is 2.17. The second kappa shape index (κ2) is 20.7. The number of phenolic OH excluding ortho intramolecular Hbond substituents is 1. The molecule has 3 aromatic rings. The first-order chi connectivity index (χ1) is 25.9. The van der Waals surface area contributed by atoms with Crippen LogP contribution in [-0.4, -0.2) is 63.7 Å². The minimum atomic E-state index is -1.16. The van der Waals surface area contributed by atoms with E-state index in [2.05, 4.69) is 17.6 Å². The maximum absolute atomic E-state index is 15.1. The predicted octanol–water partition coefficient (Wildman–Crippen LogP) is 8.44. The fourth-order valence-corrected chi connectivity index (χ4v) is 6.32. The second-order valence-corrected chi connectivity index (χ2v) is 16.4. The van der Waals surface area contributed by atoms with Crippen molar-refractivity contribution in [2.75, 3.05) is 6.54 Å². The summed E-state index contributed by atoms with van der Waals surface area (Å²) in [5.41, 5.74) is 2.18. The lowest BCUT2D eigenvalue weighted by molar-refractivity contribution is -0.159. The molecule has 0 saturated carbocycles. The van der Waals surface area contributed by atoms with Crippen LogP contribution >= 0.6 is 0 Å². The van der Waals surface area contributed by atoms with Crippen LogP contribution in [0.4, 0.5) is 4.79 Å². The fraction of sp³-hybridized carbons (Fsp3) is 0.511. The third-order valence-corrected chi connectivity index (χ3v) is 8.98. The summed E-state index contributed by atoms with van der Waals surface area (Å²) in [7, 11) is 0. The Bertz CT molecular complexity index is 1690. The molecule has 0 aliphatic heterocycles. The summed E-state index contributed by atoms with van der Waals surface area (Å²) in [6.07, 6.45) is 5.16. The molecule has 0 saturated heterocycles. The third-order valence-electron chi connectivity index (χ3n) is 8.98. The normalized spacial score (nSPS) is 13.3. The first kappa shape index (κ1) is 44.5. The summed E-state index contributed by atoms with van der Waals surface area (Å²) in [6, 6.07) is 18.2. The average molecular weight is 758 g/mol. The molecule has 0 fully saturated rings. The predicted molar refractivity (Wildman–Crippen MR) is 217 cm³/mol. The summed E-state index contributed by atoms with van der Waals surface area (Å²) < 4.78 is 11.4. The highest BCUT2D eigenvalue weighted by atomic mass is 16.6. The molecular formula is C45H63N3O7. The van der Waals surface area contributed by atoms with Crippen molar-refractivity contribution in [3.8, 4) is 5.75 Å². The number of nitrogens with one attached hydrogen (secondary N) is 2. The number of hydrogen-bond acceptors (Lipinski definition) is 7. The van der Waals surface area contributed by atoms with Gasteiger partial charge in [0.2, 0.25) is 11.8 Å². The van der Waals surface area contributed by atoms with Gasteiger partial charge in [0, 0.05) is 19.4 Å². The van der Waals surface area contributed by atoms with Gasteiger partial charge in [-0.2, -0.15) is 0 Å². The van der Waals surface area contributed by atoms with Gasteiger partial charge in [0.1, 0.15) is 35.1 Å². The zero-order chi connectivity index (χ0) is 40.8. The molecule has 0 heterocycles. The van der Waals surface area contributed by atoms with Crippen LogP contribution in [0, 0.1) is 13.8 Å². The van der Waals surface area contributed by atoms with Crippen LogP contribution in [0.1, 0.15) is 121 Å². The number of nitrogens with zero attached hydrogens (tertiary/aromatic N) is 1. The van der Waals surface area contributed by atoms with Crippen LogP contribution in [0.5, 0.6) is 5.75 Å². The van der Waals surface area contributed by atoms with Gasteiger partial charge in [-0.25, -0.2) is 9.59 Å². The molecule has 0 spiro atoms. The number of aromatic hydroxyl groups is 1. The summed E-state index contributed by atoms with van der Waals surface area (Å²) in [4.78, 5) is 58.7. The number of carbonyl (C=O) groups excluding carboxylic acids is 4. The quantitative estimate of drug-likeness (QED) is 0.0876. The van der Waals surface area contributed by atoms with Crippen LogP contribution in [0.25, 0.3) is 0 Å². The molecular weight excluding hydrogens is 695 g/mol. The Morgan fingerprint density at radius 2 is 1.29 bits per heavy atom. The number of alkyl carbamates (subject to hydrolysis) is 1. The van der Waals surface area contributed by atoms with Gasteiger partial charge in [-0.1, -0.05) is 105 Å². The van der Waals surface area contributed by atoms with Gasteiger partial charge in [-0.15, -0.1) is 0 Å². The van der Waals surface area contributed by atoms with E-state index >= 15 is 4.79 Å². The monoisotopic (exact) mass is 757 g/mol. The highest BCUT2D eigenvalue weighted by molar-refractivity contribution is 5.94. The number of benzene rings is 3. The maximum atomic E-state index is 15.1. The molecule has 0 bridgehead atoms. The van der Waals surface area contributed by atoms with Crippen LogP contribution in [0.15, 0.2) is 72.8 Å². The molecule has 3 amide bonds. The minimum Gasteiger partial charge on any atom is -0.508 e. The standard InChI is InChI=1S/C45H63N3O7/c1-10-11-12-13-14-18-27-48(41(51)37(47-43(53)55-45(7,8)9)29-34-23-25-35(49)26-24-34)39(36-28-31(2)21-22-32(36)3)40(50)46-38(42(52)54-44(4,5)6)30-33-19-16-15-17-20-33/h15-17,19-26,28,37-39,49H,10-14,18,27,29-30H2,1-9H3,(H,46,50)(H,47,53). The summed E-state index contributed by atoms with van der Waals surface area (Å²) in [5, 5.41) is 15.8. The van der Waals surface area contributed by atoms with Gasteiger partial charge in [-0.3, -0.25) is 9.59 Å². The van der Waals surface area contributed by atoms with E-state index in [0.29, 0.717) is 17.5 Å². The van der Waals surface area contributed by atoms with Crippen LogP contribution in [-0.2, 0) is 36.7 Å². The molecule has 0 aromatic heterocycles. The van der Waals surface area contributed by atoms with E-state index in [9.17, 15) is 19.5 Å². The van der Waals surface area contributed by atoms with Crippen molar-refractivity contribution in [2.24, 2.45) is 0 Å². The molecule has 0 radical (unpaired) electrons. The van der Waals surface area contributed by atoms with Crippen LogP contribution in [0.3, 0.4) is 0 Å².